The quantitative estimate of drug-likeness (QED) is 0.742. The Morgan fingerprint density at radius 2 is 2.21 bits per heavy atom. The van der Waals surface area contributed by atoms with E-state index in [1.807, 2.05) is 18.2 Å². The monoisotopic (exact) mass is 185 g/mol. The van der Waals surface area contributed by atoms with Crippen molar-refractivity contribution in [2.75, 3.05) is 0 Å². The lowest BCUT2D eigenvalue weighted by molar-refractivity contribution is 0.817. The SMILES string of the molecule is CC(C)c1[nH]nc2cccc(C#N)c12. The summed E-state index contributed by atoms with van der Waals surface area (Å²) in [5.41, 5.74) is 2.60. The molecule has 1 heterocycles. The van der Waals surface area contributed by atoms with Gasteiger partial charge in [-0.3, -0.25) is 5.10 Å². The number of nitriles is 1. The summed E-state index contributed by atoms with van der Waals surface area (Å²) in [4.78, 5) is 0. The van der Waals surface area contributed by atoms with Crippen LogP contribution in [-0.4, -0.2) is 10.2 Å². The minimum atomic E-state index is 0.356. The summed E-state index contributed by atoms with van der Waals surface area (Å²) in [6.45, 7) is 4.17. The molecule has 0 fully saturated rings. The van der Waals surface area contributed by atoms with Gasteiger partial charge in [-0.05, 0) is 18.1 Å². The average Bonchev–Trinajstić information content (AvgIpc) is 2.60. The van der Waals surface area contributed by atoms with Crippen molar-refractivity contribution in [3.63, 3.8) is 0 Å². The number of aromatic nitrogens is 2. The van der Waals surface area contributed by atoms with Gasteiger partial charge in [0.25, 0.3) is 0 Å². The zero-order chi connectivity index (χ0) is 10.1. The van der Waals surface area contributed by atoms with Crippen molar-refractivity contribution < 1.29 is 0 Å². The predicted molar refractivity (Wildman–Crippen MR) is 54.9 cm³/mol. The molecule has 14 heavy (non-hydrogen) atoms. The molecule has 0 atom stereocenters. The van der Waals surface area contributed by atoms with E-state index in [4.69, 9.17) is 5.26 Å². The highest BCUT2D eigenvalue weighted by atomic mass is 15.1. The molecule has 0 unspecified atom stereocenters. The predicted octanol–water partition coefficient (Wildman–Crippen LogP) is 2.56. The van der Waals surface area contributed by atoms with Crippen LogP contribution in [0.2, 0.25) is 0 Å². The molecule has 0 amide bonds. The molecule has 0 radical (unpaired) electrons. The third kappa shape index (κ3) is 1.16. The molecule has 3 heteroatoms. The largest absolute Gasteiger partial charge is 0.281 e. The van der Waals surface area contributed by atoms with Gasteiger partial charge >= 0.3 is 0 Å². The minimum absolute atomic E-state index is 0.356. The Bertz CT molecular complexity index is 503. The Balaban J connectivity index is 2.83. The number of fused-ring (bicyclic) bond motifs is 1. The van der Waals surface area contributed by atoms with Gasteiger partial charge in [0.2, 0.25) is 0 Å². The third-order valence-corrected chi connectivity index (χ3v) is 2.31. The van der Waals surface area contributed by atoms with Crippen molar-refractivity contribution in [2.45, 2.75) is 19.8 Å². The Labute approximate surface area is 82.4 Å². The maximum absolute atomic E-state index is 8.97. The standard InChI is InChI=1S/C11H11N3/c1-7(2)11-10-8(6-12)4-3-5-9(10)13-14-11/h3-5,7H,1-2H3,(H,13,14). The second kappa shape index (κ2) is 3.15. The molecule has 3 nitrogen and oxygen atoms in total. The highest BCUT2D eigenvalue weighted by Crippen LogP contribution is 2.25. The van der Waals surface area contributed by atoms with Gasteiger partial charge in [-0.2, -0.15) is 10.4 Å². The molecule has 0 saturated carbocycles. The molecule has 70 valence electrons. The number of hydrogen-bond acceptors (Lipinski definition) is 2. The molecular formula is C11H11N3. The van der Waals surface area contributed by atoms with Crippen LogP contribution in [0.1, 0.15) is 31.0 Å². The van der Waals surface area contributed by atoms with E-state index in [2.05, 4.69) is 30.1 Å². The first-order valence-electron chi connectivity index (χ1n) is 4.61. The van der Waals surface area contributed by atoms with Crippen LogP contribution in [0.4, 0.5) is 0 Å². The molecule has 1 N–H and O–H groups in total. The van der Waals surface area contributed by atoms with Crippen molar-refractivity contribution >= 4 is 10.9 Å². The van der Waals surface area contributed by atoms with Gasteiger partial charge in [-0.1, -0.05) is 19.9 Å². The number of aromatic amines is 1. The van der Waals surface area contributed by atoms with E-state index >= 15 is 0 Å². The molecule has 0 bridgehead atoms. The molecule has 2 rings (SSSR count). The van der Waals surface area contributed by atoms with Crippen LogP contribution in [0, 0.1) is 11.3 Å². The molecular weight excluding hydrogens is 174 g/mol. The first kappa shape index (κ1) is 8.76. The van der Waals surface area contributed by atoms with Crippen LogP contribution in [0.5, 0.6) is 0 Å². The van der Waals surface area contributed by atoms with E-state index in [0.29, 0.717) is 11.5 Å². The van der Waals surface area contributed by atoms with E-state index in [9.17, 15) is 0 Å². The number of nitrogens with zero attached hydrogens (tertiary/aromatic N) is 2. The van der Waals surface area contributed by atoms with Gasteiger partial charge in [0.15, 0.2) is 0 Å². The van der Waals surface area contributed by atoms with E-state index in [1.165, 1.54) is 0 Å². The van der Waals surface area contributed by atoms with Gasteiger partial charge in [0.1, 0.15) is 0 Å². The Kier molecular flexibility index (Phi) is 1.97. The maximum Gasteiger partial charge on any atom is 0.0999 e. The molecule has 2 aromatic rings. The lowest BCUT2D eigenvalue weighted by Crippen LogP contribution is -1.89. The van der Waals surface area contributed by atoms with Crippen molar-refractivity contribution in [2.24, 2.45) is 0 Å². The highest BCUT2D eigenvalue weighted by molar-refractivity contribution is 5.87. The lowest BCUT2D eigenvalue weighted by atomic mass is 10.0. The smallest absolute Gasteiger partial charge is 0.0999 e. The molecule has 0 aliphatic heterocycles. The van der Waals surface area contributed by atoms with Gasteiger partial charge in [-0.25, -0.2) is 0 Å². The zero-order valence-corrected chi connectivity index (χ0v) is 8.20. The van der Waals surface area contributed by atoms with Crippen LogP contribution in [0.25, 0.3) is 10.9 Å². The molecule has 0 saturated heterocycles. The summed E-state index contributed by atoms with van der Waals surface area (Å²) in [6, 6.07) is 7.78. The van der Waals surface area contributed by atoms with Crippen LogP contribution in [0.3, 0.4) is 0 Å². The Hall–Kier alpha value is -1.82. The first-order valence-corrected chi connectivity index (χ1v) is 4.61. The van der Waals surface area contributed by atoms with Crippen LogP contribution in [0.15, 0.2) is 18.2 Å². The number of rotatable bonds is 1. The molecule has 0 spiro atoms. The minimum Gasteiger partial charge on any atom is -0.281 e. The summed E-state index contributed by atoms with van der Waals surface area (Å²) in [5.74, 6) is 0.356. The van der Waals surface area contributed by atoms with Crippen molar-refractivity contribution in [1.29, 1.82) is 5.26 Å². The normalized spacial score (nSPS) is 10.7. The number of H-pyrrole nitrogens is 1. The number of benzene rings is 1. The van der Waals surface area contributed by atoms with E-state index in [1.54, 1.807) is 0 Å². The lowest BCUT2D eigenvalue weighted by Gasteiger charge is -2.01. The van der Waals surface area contributed by atoms with Gasteiger partial charge < -0.3 is 0 Å². The van der Waals surface area contributed by atoms with Crippen LogP contribution < -0.4 is 0 Å². The van der Waals surface area contributed by atoms with Crippen LogP contribution in [-0.2, 0) is 0 Å². The second-order valence-corrected chi connectivity index (χ2v) is 3.60. The van der Waals surface area contributed by atoms with Crippen LogP contribution >= 0.6 is 0 Å². The zero-order valence-electron chi connectivity index (χ0n) is 8.20. The third-order valence-electron chi connectivity index (χ3n) is 2.31. The average molecular weight is 185 g/mol. The molecule has 0 aliphatic carbocycles. The topological polar surface area (TPSA) is 52.5 Å². The fourth-order valence-electron chi connectivity index (χ4n) is 1.60. The Morgan fingerprint density at radius 1 is 1.43 bits per heavy atom. The van der Waals surface area contributed by atoms with Gasteiger partial charge in [0.05, 0.1) is 17.1 Å². The summed E-state index contributed by atoms with van der Waals surface area (Å²) in [6.07, 6.45) is 0. The fraction of sp³-hybridized carbons (Fsp3) is 0.273. The van der Waals surface area contributed by atoms with E-state index in [0.717, 1.165) is 16.6 Å². The van der Waals surface area contributed by atoms with Crippen molar-refractivity contribution in [1.82, 2.24) is 10.2 Å². The fourth-order valence-corrected chi connectivity index (χ4v) is 1.60. The first-order chi connectivity index (χ1) is 6.74. The number of nitrogens with one attached hydrogen (secondary N) is 1. The summed E-state index contributed by atoms with van der Waals surface area (Å²) in [7, 11) is 0. The molecule has 1 aromatic carbocycles. The van der Waals surface area contributed by atoms with Gasteiger partial charge in [0, 0.05) is 11.1 Å². The van der Waals surface area contributed by atoms with Gasteiger partial charge in [-0.15, -0.1) is 0 Å². The molecule has 1 aromatic heterocycles. The summed E-state index contributed by atoms with van der Waals surface area (Å²) < 4.78 is 0. The maximum atomic E-state index is 8.97. The van der Waals surface area contributed by atoms with E-state index in [-0.39, 0.29) is 0 Å². The molecule has 0 aliphatic rings. The Morgan fingerprint density at radius 3 is 2.86 bits per heavy atom. The highest BCUT2D eigenvalue weighted by Gasteiger charge is 2.11. The summed E-state index contributed by atoms with van der Waals surface area (Å²) >= 11 is 0. The second-order valence-electron chi connectivity index (χ2n) is 3.60. The summed E-state index contributed by atoms with van der Waals surface area (Å²) in [5, 5.41) is 17.1. The van der Waals surface area contributed by atoms with Crippen molar-refractivity contribution in [3.8, 4) is 6.07 Å². The number of hydrogen-bond donors (Lipinski definition) is 1. The van der Waals surface area contributed by atoms with Crippen molar-refractivity contribution in [3.05, 3.63) is 29.5 Å². The van der Waals surface area contributed by atoms with E-state index < -0.39 is 0 Å².